The van der Waals surface area contributed by atoms with E-state index in [2.05, 4.69) is 50.7 Å². The number of H-pyrrole nitrogens is 1. The van der Waals surface area contributed by atoms with Crippen molar-refractivity contribution >= 4 is 40.0 Å². The van der Waals surface area contributed by atoms with Crippen LogP contribution in [0.5, 0.6) is 0 Å². The molecule has 0 saturated heterocycles. The molecule has 0 aliphatic carbocycles. The van der Waals surface area contributed by atoms with Gasteiger partial charge in [-0.3, -0.25) is 5.43 Å². The van der Waals surface area contributed by atoms with E-state index in [4.69, 9.17) is 11.6 Å². The molecule has 140 valence electrons. The number of para-hydroxylation sites is 1. The third kappa shape index (κ3) is 3.07. The average Bonchev–Trinajstić information content (AvgIpc) is 3.32. The second-order valence-corrected chi connectivity index (χ2v) is 7.98. The summed E-state index contributed by atoms with van der Waals surface area (Å²) in [6.07, 6.45) is 2.83. The molecular formula is C20H18ClN6S+. The smallest absolute Gasteiger partial charge is 0.214 e. The zero-order valence-electron chi connectivity index (χ0n) is 14.9. The van der Waals surface area contributed by atoms with Gasteiger partial charge < -0.3 is 10.7 Å². The fourth-order valence-corrected chi connectivity index (χ4v) is 4.28. The second-order valence-electron chi connectivity index (χ2n) is 6.70. The van der Waals surface area contributed by atoms with Gasteiger partial charge in [-0.05, 0) is 23.8 Å². The van der Waals surface area contributed by atoms with Crippen LogP contribution in [0, 0.1) is 0 Å². The van der Waals surface area contributed by atoms with E-state index in [0.717, 1.165) is 39.2 Å². The van der Waals surface area contributed by atoms with Crippen LogP contribution in [0.4, 0.5) is 0 Å². The number of quaternary nitrogens is 1. The lowest BCUT2D eigenvalue weighted by Crippen LogP contribution is -2.56. The first-order valence-corrected chi connectivity index (χ1v) is 10.2. The normalized spacial score (nSPS) is 14.4. The fourth-order valence-electron chi connectivity index (χ4n) is 3.40. The van der Waals surface area contributed by atoms with Crippen LogP contribution in [0.25, 0.3) is 16.6 Å². The number of hydrogen-bond donors (Lipinski definition) is 3. The van der Waals surface area contributed by atoms with E-state index >= 15 is 0 Å². The Morgan fingerprint density at radius 3 is 2.79 bits per heavy atom. The van der Waals surface area contributed by atoms with Gasteiger partial charge in [0.2, 0.25) is 11.0 Å². The fraction of sp³-hybridized carbons (Fsp3) is 0.100. The van der Waals surface area contributed by atoms with Gasteiger partial charge in [0.15, 0.2) is 6.04 Å². The number of aromatic amines is 1. The molecule has 0 bridgehead atoms. The Morgan fingerprint density at radius 1 is 1.11 bits per heavy atom. The zero-order valence-corrected chi connectivity index (χ0v) is 16.5. The molecule has 1 aliphatic rings. The van der Waals surface area contributed by atoms with Crippen LogP contribution in [0.2, 0.25) is 5.02 Å². The molecule has 5 N–H and O–H groups in total. The molecule has 1 aliphatic heterocycles. The number of aromatic nitrogens is 4. The maximum atomic E-state index is 6.01. The summed E-state index contributed by atoms with van der Waals surface area (Å²) in [5.74, 6) is 0.812. The van der Waals surface area contributed by atoms with Crippen LogP contribution >= 0.6 is 23.4 Å². The van der Waals surface area contributed by atoms with E-state index in [0.29, 0.717) is 0 Å². The molecule has 2 aromatic heterocycles. The molecule has 4 aromatic rings. The van der Waals surface area contributed by atoms with Crippen molar-refractivity contribution in [1.29, 1.82) is 0 Å². The van der Waals surface area contributed by atoms with Gasteiger partial charge in [-0.15, -0.1) is 10.2 Å². The highest BCUT2D eigenvalue weighted by atomic mass is 35.5. The van der Waals surface area contributed by atoms with Gasteiger partial charge in [0.1, 0.15) is 0 Å². The topological polar surface area (TPSA) is 86.2 Å². The highest BCUT2D eigenvalue weighted by molar-refractivity contribution is 8.02. The molecule has 5 rings (SSSR count). The molecule has 0 fully saturated rings. The monoisotopic (exact) mass is 409 g/mol. The molecule has 0 saturated carbocycles. The molecule has 0 radical (unpaired) electrons. The van der Waals surface area contributed by atoms with Gasteiger partial charge in [-0.25, -0.2) is 4.68 Å². The summed E-state index contributed by atoms with van der Waals surface area (Å²) in [6, 6.07) is 16.0. The molecule has 0 amide bonds. The number of rotatable bonds is 4. The van der Waals surface area contributed by atoms with Crippen LogP contribution in [0.3, 0.4) is 0 Å². The Labute approximate surface area is 170 Å². The van der Waals surface area contributed by atoms with Gasteiger partial charge in [0.05, 0.1) is 5.70 Å². The number of halogens is 1. The Kier molecular flexibility index (Phi) is 4.35. The van der Waals surface area contributed by atoms with Crippen LogP contribution in [-0.4, -0.2) is 19.9 Å². The molecule has 1 atom stereocenters. The number of thioether (sulfide) groups is 1. The van der Waals surface area contributed by atoms with Crippen LogP contribution < -0.4 is 11.2 Å². The Bertz CT molecular complexity index is 1180. The SMILES string of the molecule is [NH3+][C@@H](Cc1c[nH]c2ccccc12)c1nnc2n1NC(c1ccc(Cl)cc1)=CS2. The lowest BCUT2D eigenvalue weighted by Gasteiger charge is -2.20. The van der Waals surface area contributed by atoms with Crippen molar-refractivity contribution in [3.63, 3.8) is 0 Å². The summed E-state index contributed by atoms with van der Waals surface area (Å²) < 4.78 is 1.93. The highest BCUT2D eigenvalue weighted by Crippen LogP contribution is 2.30. The summed E-state index contributed by atoms with van der Waals surface area (Å²) in [7, 11) is 0. The van der Waals surface area contributed by atoms with Crippen LogP contribution in [0.15, 0.2) is 65.3 Å². The number of benzene rings is 2. The van der Waals surface area contributed by atoms with Gasteiger partial charge >= 0.3 is 0 Å². The van der Waals surface area contributed by atoms with Gasteiger partial charge in [0, 0.05) is 39.5 Å². The number of nitrogens with one attached hydrogen (secondary N) is 2. The minimum atomic E-state index is -0.0434. The van der Waals surface area contributed by atoms with E-state index in [1.807, 2.05) is 40.4 Å². The van der Waals surface area contributed by atoms with E-state index < -0.39 is 0 Å². The summed E-state index contributed by atoms with van der Waals surface area (Å²) in [5.41, 5.74) is 12.2. The molecular weight excluding hydrogens is 392 g/mol. The van der Waals surface area contributed by atoms with Crippen molar-refractivity contribution < 1.29 is 5.73 Å². The third-order valence-corrected chi connectivity index (χ3v) is 5.92. The van der Waals surface area contributed by atoms with Gasteiger partial charge in [-0.1, -0.05) is 53.7 Å². The van der Waals surface area contributed by atoms with Crippen molar-refractivity contribution in [3.8, 4) is 0 Å². The molecule has 2 aromatic carbocycles. The summed E-state index contributed by atoms with van der Waals surface area (Å²) in [5, 5.41) is 13.5. The predicted octanol–water partition coefficient (Wildman–Crippen LogP) is 3.59. The maximum Gasteiger partial charge on any atom is 0.214 e. The lowest BCUT2D eigenvalue weighted by atomic mass is 10.1. The van der Waals surface area contributed by atoms with Crippen molar-refractivity contribution in [2.75, 3.05) is 5.43 Å². The average molecular weight is 410 g/mol. The minimum Gasteiger partial charge on any atom is -0.361 e. The molecule has 0 spiro atoms. The van der Waals surface area contributed by atoms with Crippen molar-refractivity contribution in [1.82, 2.24) is 19.9 Å². The van der Waals surface area contributed by atoms with Crippen LogP contribution in [-0.2, 0) is 6.42 Å². The standard InChI is InChI=1S/C20H17ClN6S/c21-14-7-5-12(6-8-14)18-11-28-20-25-24-19(27(20)26-18)16(22)9-13-10-23-17-4-2-1-3-15(13)17/h1-8,10-11,16,23,26H,9,22H2/p+1/t16-/m0/s1. The second kappa shape index (κ2) is 7.01. The van der Waals surface area contributed by atoms with Gasteiger partial charge in [0.25, 0.3) is 0 Å². The number of fused-ring (bicyclic) bond motifs is 2. The largest absolute Gasteiger partial charge is 0.361 e. The predicted molar refractivity (Wildman–Crippen MR) is 112 cm³/mol. The summed E-state index contributed by atoms with van der Waals surface area (Å²) >= 11 is 7.55. The Balaban J connectivity index is 1.41. The van der Waals surface area contributed by atoms with Crippen molar-refractivity contribution in [2.45, 2.75) is 17.6 Å². The first-order chi connectivity index (χ1) is 13.7. The maximum absolute atomic E-state index is 6.01. The molecule has 6 nitrogen and oxygen atoms in total. The molecule has 0 unspecified atom stereocenters. The summed E-state index contributed by atoms with van der Waals surface area (Å²) in [6.45, 7) is 0. The van der Waals surface area contributed by atoms with Crippen LogP contribution in [0.1, 0.15) is 23.0 Å². The van der Waals surface area contributed by atoms with E-state index in [-0.39, 0.29) is 6.04 Å². The highest BCUT2D eigenvalue weighted by Gasteiger charge is 2.25. The first-order valence-electron chi connectivity index (χ1n) is 8.92. The minimum absolute atomic E-state index is 0.0434. The molecule has 28 heavy (non-hydrogen) atoms. The van der Waals surface area contributed by atoms with E-state index in [9.17, 15) is 0 Å². The summed E-state index contributed by atoms with van der Waals surface area (Å²) in [4.78, 5) is 3.32. The van der Waals surface area contributed by atoms with Gasteiger partial charge in [-0.2, -0.15) is 0 Å². The number of hydrogen-bond acceptors (Lipinski definition) is 4. The molecule has 8 heteroatoms. The quantitative estimate of drug-likeness (QED) is 0.480. The first kappa shape index (κ1) is 17.4. The Hall–Kier alpha value is -2.74. The van der Waals surface area contributed by atoms with Crippen molar-refractivity contribution in [3.05, 3.63) is 82.1 Å². The van der Waals surface area contributed by atoms with Crippen molar-refractivity contribution in [2.24, 2.45) is 0 Å². The lowest BCUT2D eigenvalue weighted by molar-refractivity contribution is -0.428. The van der Waals surface area contributed by atoms with E-state index in [1.54, 1.807) is 11.8 Å². The molecule has 3 heterocycles. The number of nitrogens with zero attached hydrogens (tertiary/aromatic N) is 3. The van der Waals surface area contributed by atoms with E-state index in [1.165, 1.54) is 10.9 Å². The zero-order chi connectivity index (χ0) is 19.1. The third-order valence-electron chi connectivity index (χ3n) is 4.83. The Morgan fingerprint density at radius 2 is 1.93 bits per heavy atom.